The Hall–Kier alpha value is -3.35. The SMILES string of the molecule is O=C(COc1ccccc1)NCC(=O)N1CCC(C(=O)Nc2ccccc2)CC1. The first-order valence-electron chi connectivity index (χ1n) is 9.70. The van der Waals surface area contributed by atoms with Gasteiger partial charge in [0.1, 0.15) is 5.75 Å². The van der Waals surface area contributed by atoms with Crippen LogP contribution in [0, 0.1) is 5.92 Å². The van der Waals surface area contributed by atoms with Crippen LogP contribution in [-0.4, -0.2) is 48.9 Å². The average molecular weight is 395 g/mol. The standard InChI is InChI=1S/C22H25N3O4/c26-20(16-29-19-9-5-2-6-10-19)23-15-21(27)25-13-11-17(12-14-25)22(28)24-18-7-3-1-4-8-18/h1-10,17H,11-16H2,(H,23,26)(H,24,28). The van der Waals surface area contributed by atoms with E-state index in [1.54, 1.807) is 17.0 Å². The number of likely N-dealkylation sites (tertiary alicyclic amines) is 1. The summed E-state index contributed by atoms with van der Waals surface area (Å²) in [6.45, 7) is 0.793. The molecule has 1 heterocycles. The van der Waals surface area contributed by atoms with Gasteiger partial charge in [0, 0.05) is 24.7 Å². The Morgan fingerprint density at radius 3 is 2.21 bits per heavy atom. The van der Waals surface area contributed by atoms with Crippen LogP contribution in [0.25, 0.3) is 0 Å². The fraction of sp³-hybridized carbons (Fsp3) is 0.318. The second-order valence-electron chi connectivity index (χ2n) is 6.89. The molecule has 1 fully saturated rings. The van der Waals surface area contributed by atoms with Crippen LogP contribution in [0.5, 0.6) is 5.75 Å². The Balaban J connectivity index is 1.35. The highest BCUT2D eigenvalue weighted by Gasteiger charge is 2.27. The molecule has 0 bridgehead atoms. The van der Waals surface area contributed by atoms with E-state index in [1.807, 2.05) is 48.5 Å². The number of amides is 3. The summed E-state index contributed by atoms with van der Waals surface area (Å²) in [6, 6.07) is 18.4. The largest absolute Gasteiger partial charge is 0.484 e. The van der Waals surface area contributed by atoms with Crippen molar-refractivity contribution in [3.05, 3.63) is 60.7 Å². The highest BCUT2D eigenvalue weighted by Crippen LogP contribution is 2.19. The summed E-state index contributed by atoms with van der Waals surface area (Å²) in [5.41, 5.74) is 0.774. The van der Waals surface area contributed by atoms with Crippen LogP contribution in [-0.2, 0) is 14.4 Å². The Labute approximate surface area is 170 Å². The molecule has 1 saturated heterocycles. The van der Waals surface area contributed by atoms with E-state index in [-0.39, 0.29) is 36.8 Å². The van der Waals surface area contributed by atoms with Crippen LogP contribution in [0.2, 0.25) is 0 Å². The second-order valence-corrected chi connectivity index (χ2v) is 6.89. The van der Waals surface area contributed by atoms with Crippen molar-refractivity contribution in [3.63, 3.8) is 0 Å². The molecule has 29 heavy (non-hydrogen) atoms. The van der Waals surface area contributed by atoms with Crippen molar-refractivity contribution >= 4 is 23.4 Å². The third-order valence-electron chi connectivity index (χ3n) is 4.81. The number of carbonyl (C=O) groups excluding carboxylic acids is 3. The van der Waals surface area contributed by atoms with Crippen molar-refractivity contribution in [2.75, 3.05) is 31.6 Å². The van der Waals surface area contributed by atoms with E-state index in [0.29, 0.717) is 31.7 Å². The molecule has 7 nitrogen and oxygen atoms in total. The van der Waals surface area contributed by atoms with E-state index in [2.05, 4.69) is 10.6 Å². The molecule has 1 aliphatic heterocycles. The van der Waals surface area contributed by atoms with E-state index in [4.69, 9.17) is 4.74 Å². The smallest absolute Gasteiger partial charge is 0.258 e. The summed E-state index contributed by atoms with van der Waals surface area (Å²) in [5.74, 6) is -0.0353. The summed E-state index contributed by atoms with van der Waals surface area (Å²) in [6.07, 6.45) is 1.21. The van der Waals surface area contributed by atoms with E-state index < -0.39 is 0 Å². The summed E-state index contributed by atoms with van der Waals surface area (Å²) in [7, 11) is 0. The quantitative estimate of drug-likeness (QED) is 0.751. The summed E-state index contributed by atoms with van der Waals surface area (Å²) in [4.78, 5) is 38.2. The first-order valence-corrected chi connectivity index (χ1v) is 9.70. The fourth-order valence-electron chi connectivity index (χ4n) is 3.16. The van der Waals surface area contributed by atoms with Gasteiger partial charge in [-0.3, -0.25) is 14.4 Å². The zero-order valence-corrected chi connectivity index (χ0v) is 16.2. The first-order chi connectivity index (χ1) is 14.1. The van der Waals surface area contributed by atoms with Gasteiger partial charge in [0.05, 0.1) is 6.54 Å². The third kappa shape index (κ3) is 6.34. The van der Waals surface area contributed by atoms with Gasteiger partial charge in [-0.25, -0.2) is 0 Å². The van der Waals surface area contributed by atoms with Crippen molar-refractivity contribution in [1.82, 2.24) is 10.2 Å². The van der Waals surface area contributed by atoms with Crippen LogP contribution in [0.15, 0.2) is 60.7 Å². The maximum absolute atomic E-state index is 12.4. The normalized spacial score (nSPS) is 14.1. The van der Waals surface area contributed by atoms with Gasteiger partial charge in [-0.2, -0.15) is 0 Å². The molecule has 0 atom stereocenters. The molecule has 152 valence electrons. The van der Waals surface area contributed by atoms with E-state index >= 15 is 0 Å². The fourth-order valence-corrected chi connectivity index (χ4v) is 3.16. The topological polar surface area (TPSA) is 87.7 Å². The molecule has 2 aromatic carbocycles. The van der Waals surface area contributed by atoms with Gasteiger partial charge >= 0.3 is 0 Å². The number of piperidine rings is 1. The number of benzene rings is 2. The van der Waals surface area contributed by atoms with Crippen molar-refractivity contribution < 1.29 is 19.1 Å². The van der Waals surface area contributed by atoms with Crippen molar-refractivity contribution in [2.24, 2.45) is 5.92 Å². The maximum atomic E-state index is 12.4. The van der Waals surface area contributed by atoms with E-state index in [0.717, 1.165) is 5.69 Å². The van der Waals surface area contributed by atoms with Crippen LogP contribution in [0.1, 0.15) is 12.8 Å². The van der Waals surface area contributed by atoms with Crippen LogP contribution in [0.4, 0.5) is 5.69 Å². The minimum Gasteiger partial charge on any atom is -0.484 e. The Kier molecular flexibility index (Phi) is 7.22. The summed E-state index contributed by atoms with van der Waals surface area (Å²) >= 11 is 0. The lowest BCUT2D eigenvalue weighted by molar-refractivity contribution is -0.135. The maximum Gasteiger partial charge on any atom is 0.258 e. The lowest BCUT2D eigenvalue weighted by Crippen LogP contribution is -2.46. The zero-order valence-electron chi connectivity index (χ0n) is 16.2. The van der Waals surface area contributed by atoms with Crippen molar-refractivity contribution in [1.29, 1.82) is 0 Å². The number of carbonyl (C=O) groups is 3. The molecule has 7 heteroatoms. The number of rotatable bonds is 7. The molecule has 0 aromatic heterocycles. The molecule has 0 unspecified atom stereocenters. The molecule has 2 N–H and O–H groups in total. The monoisotopic (exact) mass is 395 g/mol. The Morgan fingerprint density at radius 1 is 0.931 bits per heavy atom. The first kappa shape index (κ1) is 20.4. The van der Waals surface area contributed by atoms with Gasteiger partial charge in [0.2, 0.25) is 11.8 Å². The van der Waals surface area contributed by atoms with Gasteiger partial charge in [-0.15, -0.1) is 0 Å². The van der Waals surface area contributed by atoms with Gasteiger partial charge in [0.15, 0.2) is 6.61 Å². The van der Waals surface area contributed by atoms with Crippen LogP contribution >= 0.6 is 0 Å². The van der Waals surface area contributed by atoms with Crippen LogP contribution in [0.3, 0.4) is 0 Å². The number of hydrogen-bond donors (Lipinski definition) is 2. The van der Waals surface area contributed by atoms with Gasteiger partial charge in [-0.1, -0.05) is 36.4 Å². The predicted molar refractivity (Wildman–Crippen MR) is 109 cm³/mol. The number of hydrogen-bond acceptors (Lipinski definition) is 4. The molecule has 0 saturated carbocycles. The molecule has 3 amide bonds. The van der Waals surface area contributed by atoms with E-state index in [1.165, 1.54) is 0 Å². The predicted octanol–water partition coefficient (Wildman–Crippen LogP) is 2.06. The molecular formula is C22H25N3O4. The lowest BCUT2D eigenvalue weighted by atomic mass is 9.95. The molecule has 3 rings (SSSR count). The van der Waals surface area contributed by atoms with Gasteiger partial charge < -0.3 is 20.3 Å². The summed E-state index contributed by atoms with van der Waals surface area (Å²) < 4.78 is 5.35. The molecular weight excluding hydrogens is 370 g/mol. The van der Waals surface area contributed by atoms with Gasteiger partial charge in [-0.05, 0) is 37.1 Å². The zero-order chi connectivity index (χ0) is 20.5. The van der Waals surface area contributed by atoms with Crippen molar-refractivity contribution in [2.45, 2.75) is 12.8 Å². The summed E-state index contributed by atoms with van der Waals surface area (Å²) in [5, 5.41) is 5.49. The van der Waals surface area contributed by atoms with Crippen molar-refractivity contribution in [3.8, 4) is 5.75 Å². The third-order valence-corrected chi connectivity index (χ3v) is 4.81. The van der Waals surface area contributed by atoms with E-state index in [9.17, 15) is 14.4 Å². The van der Waals surface area contributed by atoms with Crippen LogP contribution < -0.4 is 15.4 Å². The molecule has 2 aromatic rings. The highest BCUT2D eigenvalue weighted by atomic mass is 16.5. The minimum atomic E-state index is -0.348. The Bertz CT molecular complexity index is 818. The Morgan fingerprint density at radius 2 is 1.55 bits per heavy atom. The molecule has 0 radical (unpaired) electrons. The number of nitrogens with one attached hydrogen (secondary N) is 2. The average Bonchev–Trinajstić information content (AvgIpc) is 2.77. The molecule has 0 spiro atoms. The molecule has 1 aliphatic rings. The number of para-hydroxylation sites is 2. The number of nitrogens with zero attached hydrogens (tertiary/aromatic N) is 1. The lowest BCUT2D eigenvalue weighted by Gasteiger charge is -2.31. The number of ether oxygens (including phenoxy) is 1. The number of anilines is 1. The minimum absolute atomic E-state index is 0.0188. The second kappa shape index (κ2) is 10.3. The van der Waals surface area contributed by atoms with Gasteiger partial charge in [0.25, 0.3) is 5.91 Å². The molecule has 0 aliphatic carbocycles. The highest BCUT2D eigenvalue weighted by molar-refractivity contribution is 5.92.